The van der Waals surface area contributed by atoms with Crippen LogP contribution in [0, 0.1) is 11.6 Å². The first-order valence-electron chi connectivity index (χ1n) is 6.78. The fourth-order valence-electron chi connectivity index (χ4n) is 2.14. The first kappa shape index (κ1) is 14.2. The van der Waals surface area contributed by atoms with Crippen LogP contribution >= 0.6 is 0 Å². The summed E-state index contributed by atoms with van der Waals surface area (Å²) >= 11 is 0. The number of nitrogens with one attached hydrogen (secondary N) is 2. The van der Waals surface area contributed by atoms with Gasteiger partial charge in [0, 0.05) is 23.4 Å². The summed E-state index contributed by atoms with van der Waals surface area (Å²) in [5, 5.41) is 5.79. The van der Waals surface area contributed by atoms with Crippen LogP contribution in [0.5, 0.6) is 0 Å². The lowest BCUT2D eigenvalue weighted by Gasteiger charge is -2.07. The maximum absolute atomic E-state index is 13.1. The van der Waals surface area contributed by atoms with Crippen LogP contribution in [-0.4, -0.2) is 24.8 Å². The Kier molecular flexibility index (Phi) is 3.82. The number of carbonyl (C=O) groups is 1. The smallest absolute Gasteiger partial charge is 0.255 e. The normalized spacial score (nSPS) is 13.5. The summed E-state index contributed by atoms with van der Waals surface area (Å²) in [6.45, 7) is 1.58. The van der Waals surface area contributed by atoms with E-state index in [1.807, 2.05) is 12.1 Å². The second kappa shape index (κ2) is 5.93. The van der Waals surface area contributed by atoms with Crippen molar-refractivity contribution in [2.45, 2.75) is 0 Å². The number of anilines is 1. The van der Waals surface area contributed by atoms with Gasteiger partial charge in [0.15, 0.2) is 11.6 Å². The van der Waals surface area contributed by atoms with Crippen molar-refractivity contribution < 1.29 is 13.6 Å². The minimum Gasteiger partial charge on any atom is -0.368 e. The Bertz CT molecular complexity index is 742. The first-order chi connectivity index (χ1) is 10.6. The van der Waals surface area contributed by atoms with Gasteiger partial charge in [-0.3, -0.25) is 9.79 Å². The minimum atomic E-state index is -1.05. The number of aliphatic imine (C=N–C) groups is 1. The van der Waals surface area contributed by atoms with Crippen molar-refractivity contribution in [3.05, 3.63) is 65.2 Å². The molecule has 1 amide bonds. The summed E-state index contributed by atoms with van der Waals surface area (Å²) in [6.07, 6.45) is 0. The lowest BCUT2D eigenvalue weighted by Crippen LogP contribution is -2.19. The van der Waals surface area contributed by atoms with Crippen molar-refractivity contribution >= 4 is 17.4 Å². The Morgan fingerprint density at radius 2 is 1.86 bits per heavy atom. The van der Waals surface area contributed by atoms with Gasteiger partial charge in [-0.15, -0.1) is 0 Å². The monoisotopic (exact) mass is 301 g/mol. The summed E-state index contributed by atoms with van der Waals surface area (Å²) < 4.78 is 26.0. The zero-order valence-electron chi connectivity index (χ0n) is 11.6. The van der Waals surface area contributed by atoms with E-state index in [2.05, 4.69) is 15.6 Å². The molecule has 0 spiro atoms. The standard InChI is InChI=1S/C16H13F2N3O/c17-13-6-3-11(9-14(13)18)16(22)21-12-4-1-10(2-5-12)15-19-7-8-20-15/h1-6,9H,7-8H2,(H,19,20)(H,21,22). The summed E-state index contributed by atoms with van der Waals surface area (Å²) in [5.74, 6) is -1.69. The van der Waals surface area contributed by atoms with Gasteiger partial charge in [0.05, 0.1) is 6.54 Å². The number of carbonyl (C=O) groups excluding carboxylic acids is 1. The molecule has 0 radical (unpaired) electrons. The van der Waals surface area contributed by atoms with Gasteiger partial charge in [0.25, 0.3) is 5.91 Å². The molecule has 0 saturated heterocycles. The minimum absolute atomic E-state index is 0.0600. The Morgan fingerprint density at radius 1 is 1.09 bits per heavy atom. The fraction of sp³-hybridized carbons (Fsp3) is 0.125. The number of hydrogen-bond acceptors (Lipinski definition) is 3. The molecule has 1 aliphatic heterocycles. The van der Waals surface area contributed by atoms with Crippen molar-refractivity contribution in [1.82, 2.24) is 5.32 Å². The van der Waals surface area contributed by atoms with Crippen molar-refractivity contribution in [2.75, 3.05) is 18.4 Å². The van der Waals surface area contributed by atoms with Crippen LogP contribution in [0.1, 0.15) is 15.9 Å². The van der Waals surface area contributed by atoms with Crippen LogP contribution in [0.3, 0.4) is 0 Å². The van der Waals surface area contributed by atoms with Crippen molar-refractivity contribution in [3.63, 3.8) is 0 Å². The Morgan fingerprint density at radius 3 is 2.50 bits per heavy atom. The molecule has 112 valence electrons. The molecule has 0 atom stereocenters. The Hall–Kier alpha value is -2.76. The lowest BCUT2D eigenvalue weighted by atomic mass is 10.1. The van der Waals surface area contributed by atoms with E-state index in [0.717, 1.165) is 36.6 Å². The third-order valence-electron chi connectivity index (χ3n) is 3.27. The number of benzene rings is 2. The molecule has 3 rings (SSSR count). The van der Waals surface area contributed by atoms with E-state index < -0.39 is 17.5 Å². The van der Waals surface area contributed by atoms with Gasteiger partial charge >= 0.3 is 0 Å². The van der Waals surface area contributed by atoms with Gasteiger partial charge in [0.2, 0.25) is 0 Å². The summed E-state index contributed by atoms with van der Waals surface area (Å²) in [6, 6.07) is 10.2. The number of amidine groups is 1. The van der Waals surface area contributed by atoms with Gasteiger partial charge in [-0.1, -0.05) is 0 Å². The van der Waals surface area contributed by atoms with Gasteiger partial charge in [-0.05, 0) is 42.5 Å². The highest BCUT2D eigenvalue weighted by molar-refractivity contribution is 6.05. The molecule has 22 heavy (non-hydrogen) atoms. The highest BCUT2D eigenvalue weighted by Crippen LogP contribution is 2.14. The molecule has 4 nitrogen and oxygen atoms in total. The molecule has 0 saturated carbocycles. The SMILES string of the molecule is O=C(Nc1ccc(C2=NCCN2)cc1)c1ccc(F)c(F)c1. The molecule has 6 heteroatoms. The highest BCUT2D eigenvalue weighted by Gasteiger charge is 2.11. The van der Waals surface area contributed by atoms with Gasteiger partial charge in [0.1, 0.15) is 5.84 Å². The van der Waals surface area contributed by atoms with E-state index >= 15 is 0 Å². The molecule has 0 unspecified atom stereocenters. The number of hydrogen-bond donors (Lipinski definition) is 2. The summed E-state index contributed by atoms with van der Waals surface area (Å²) in [7, 11) is 0. The zero-order chi connectivity index (χ0) is 15.5. The van der Waals surface area contributed by atoms with Crippen LogP contribution in [0.2, 0.25) is 0 Å². The topological polar surface area (TPSA) is 53.5 Å². The molecule has 0 fully saturated rings. The number of nitrogens with zero attached hydrogens (tertiary/aromatic N) is 1. The molecule has 1 heterocycles. The molecule has 2 aromatic carbocycles. The van der Waals surface area contributed by atoms with Gasteiger partial charge < -0.3 is 10.6 Å². The van der Waals surface area contributed by atoms with E-state index in [1.54, 1.807) is 12.1 Å². The molecule has 1 aliphatic rings. The van der Waals surface area contributed by atoms with Crippen LogP contribution < -0.4 is 10.6 Å². The molecular formula is C16H13F2N3O. The molecule has 0 aliphatic carbocycles. The quantitative estimate of drug-likeness (QED) is 0.915. The molecule has 0 aromatic heterocycles. The average Bonchev–Trinajstić information content (AvgIpc) is 3.05. The summed E-state index contributed by atoms with van der Waals surface area (Å²) in [4.78, 5) is 16.3. The summed E-state index contributed by atoms with van der Waals surface area (Å²) in [5.41, 5.74) is 1.56. The highest BCUT2D eigenvalue weighted by atomic mass is 19.2. The van der Waals surface area contributed by atoms with Crippen molar-refractivity contribution in [3.8, 4) is 0 Å². The Balaban J connectivity index is 1.72. The maximum Gasteiger partial charge on any atom is 0.255 e. The third kappa shape index (κ3) is 2.95. The van der Waals surface area contributed by atoms with E-state index in [9.17, 15) is 13.6 Å². The number of amides is 1. The Labute approximate surface area is 125 Å². The number of rotatable bonds is 3. The second-order valence-corrected chi connectivity index (χ2v) is 4.82. The first-order valence-corrected chi connectivity index (χ1v) is 6.78. The molecule has 0 bridgehead atoms. The van der Waals surface area contributed by atoms with E-state index in [0.29, 0.717) is 5.69 Å². The molecular weight excluding hydrogens is 288 g/mol. The van der Waals surface area contributed by atoms with Crippen LogP contribution in [0.25, 0.3) is 0 Å². The van der Waals surface area contributed by atoms with E-state index in [1.165, 1.54) is 6.07 Å². The third-order valence-corrected chi connectivity index (χ3v) is 3.27. The van der Waals surface area contributed by atoms with Crippen LogP contribution in [0.15, 0.2) is 47.5 Å². The van der Waals surface area contributed by atoms with E-state index in [4.69, 9.17) is 0 Å². The number of halogens is 2. The van der Waals surface area contributed by atoms with E-state index in [-0.39, 0.29) is 5.56 Å². The van der Waals surface area contributed by atoms with Gasteiger partial charge in [-0.2, -0.15) is 0 Å². The predicted octanol–water partition coefficient (Wildman–Crippen LogP) is 2.57. The zero-order valence-corrected chi connectivity index (χ0v) is 11.6. The van der Waals surface area contributed by atoms with Crippen molar-refractivity contribution in [2.24, 2.45) is 4.99 Å². The van der Waals surface area contributed by atoms with Crippen LogP contribution in [0.4, 0.5) is 14.5 Å². The largest absolute Gasteiger partial charge is 0.368 e. The average molecular weight is 301 g/mol. The predicted molar refractivity (Wildman–Crippen MR) is 80.2 cm³/mol. The maximum atomic E-state index is 13.1. The van der Waals surface area contributed by atoms with Gasteiger partial charge in [-0.25, -0.2) is 8.78 Å². The lowest BCUT2D eigenvalue weighted by molar-refractivity contribution is 0.102. The fourth-order valence-corrected chi connectivity index (χ4v) is 2.14. The van der Waals surface area contributed by atoms with Crippen molar-refractivity contribution in [1.29, 1.82) is 0 Å². The molecule has 2 aromatic rings. The second-order valence-electron chi connectivity index (χ2n) is 4.82. The van der Waals surface area contributed by atoms with Crippen LogP contribution in [-0.2, 0) is 0 Å². The molecule has 2 N–H and O–H groups in total.